The summed E-state index contributed by atoms with van der Waals surface area (Å²) in [5.41, 5.74) is 1.94. The fourth-order valence-corrected chi connectivity index (χ4v) is 3.00. The number of ether oxygens (including phenoxy) is 1. The van der Waals surface area contributed by atoms with E-state index in [0.29, 0.717) is 22.5 Å². The number of nitrogens with zero attached hydrogens (tertiary/aromatic N) is 1. The van der Waals surface area contributed by atoms with Crippen LogP contribution in [0.3, 0.4) is 0 Å². The Morgan fingerprint density at radius 2 is 1.94 bits per heavy atom. The number of hydrogen-bond acceptors (Lipinski definition) is 3. The van der Waals surface area contributed by atoms with E-state index in [2.05, 4.69) is 10.3 Å². The molecule has 1 N–H and O–H groups in total. The molecule has 2 rings (SSSR count). The first-order valence-corrected chi connectivity index (χ1v) is 6.97. The molecule has 3 nitrogen and oxygen atoms in total. The summed E-state index contributed by atoms with van der Waals surface area (Å²) in [5.74, 6) is 0. The summed E-state index contributed by atoms with van der Waals surface area (Å²) in [4.78, 5) is 4.07. The topological polar surface area (TPSA) is 34.1 Å². The molecule has 0 aromatic carbocycles. The minimum absolute atomic E-state index is 0.406. The van der Waals surface area contributed by atoms with Gasteiger partial charge in [0.1, 0.15) is 5.15 Å². The zero-order valence-electron chi connectivity index (χ0n) is 10.7. The molecule has 1 aromatic rings. The van der Waals surface area contributed by atoms with Gasteiger partial charge in [-0.2, -0.15) is 0 Å². The summed E-state index contributed by atoms with van der Waals surface area (Å²) in [6.07, 6.45) is 4.77. The van der Waals surface area contributed by atoms with Gasteiger partial charge in [-0.05, 0) is 44.2 Å². The largest absolute Gasteiger partial charge is 0.381 e. The standard InChI is InChI=1S/C13H18Cl2N2O/c1-8-7-11(14)17-13(15)12(8)16-9-3-5-10(18-2)6-4-9/h7,9-10,16H,3-6H2,1-2H3. The Kier molecular flexibility index (Phi) is 4.71. The van der Waals surface area contributed by atoms with Gasteiger partial charge in [-0.3, -0.25) is 0 Å². The molecule has 1 aliphatic carbocycles. The Morgan fingerprint density at radius 1 is 1.28 bits per heavy atom. The molecule has 5 heteroatoms. The van der Waals surface area contributed by atoms with E-state index in [1.807, 2.05) is 13.0 Å². The zero-order valence-corrected chi connectivity index (χ0v) is 12.2. The lowest BCUT2D eigenvalue weighted by Gasteiger charge is -2.29. The molecule has 0 bridgehead atoms. The second kappa shape index (κ2) is 6.09. The maximum Gasteiger partial charge on any atom is 0.154 e. The molecule has 1 heterocycles. The normalized spacial score (nSPS) is 24.0. The van der Waals surface area contributed by atoms with Crippen molar-refractivity contribution in [2.45, 2.75) is 44.8 Å². The van der Waals surface area contributed by atoms with Crippen molar-refractivity contribution in [3.05, 3.63) is 21.9 Å². The Bertz CT molecular complexity index is 394. The SMILES string of the molecule is COC1CCC(Nc2c(C)cc(Cl)nc2Cl)CC1. The van der Waals surface area contributed by atoms with Gasteiger partial charge in [0.05, 0.1) is 11.8 Å². The molecule has 0 atom stereocenters. The van der Waals surface area contributed by atoms with E-state index in [0.717, 1.165) is 36.9 Å². The summed E-state index contributed by atoms with van der Waals surface area (Å²) >= 11 is 12.0. The number of hydrogen-bond donors (Lipinski definition) is 1. The van der Waals surface area contributed by atoms with Crippen molar-refractivity contribution in [3.63, 3.8) is 0 Å². The van der Waals surface area contributed by atoms with Gasteiger partial charge in [-0.15, -0.1) is 0 Å². The highest BCUT2D eigenvalue weighted by molar-refractivity contribution is 6.34. The fraction of sp³-hybridized carbons (Fsp3) is 0.615. The second-order valence-corrected chi connectivity index (χ2v) is 5.53. The first-order chi connectivity index (χ1) is 8.60. The predicted molar refractivity (Wildman–Crippen MR) is 75.7 cm³/mol. The third-order valence-electron chi connectivity index (χ3n) is 3.50. The Morgan fingerprint density at radius 3 is 2.50 bits per heavy atom. The van der Waals surface area contributed by atoms with Crippen LogP contribution in [0.2, 0.25) is 10.3 Å². The number of aryl methyl sites for hydroxylation is 1. The number of anilines is 1. The van der Waals surface area contributed by atoms with Crippen molar-refractivity contribution < 1.29 is 4.74 Å². The Hall–Kier alpha value is -0.510. The molecule has 0 radical (unpaired) electrons. The van der Waals surface area contributed by atoms with Crippen LogP contribution in [0.5, 0.6) is 0 Å². The predicted octanol–water partition coefficient (Wildman–Crippen LogP) is 4.07. The number of halogens is 2. The number of rotatable bonds is 3. The van der Waals surface area contributed by atoms with Crippen LogP contribution in [0.25, 0.3) is 0 Å². The van der Waals surface area contributed by atoms with Crippen molar-refractivity contribution in [2.75, 3.05) is 12.4 Å². The van der Waals surface area contributed by atoms with Crippen molar-refractivity contribution >= 4 is 28.9 Å². The molecule has 1 aliphatic rings. The molecular formula is C13H18Cl2N2O. The molecule has 1 fully saturated rings. The average Bonchev–Trinajstić information content (AvgIpc) is 2.34. The van der Waals surface area contributed by atoms with Crippen LogP contribution >= 0.6 is 23.2 Å². The van der Waals surface area contributed by atoms with E-state index >= 15 is 0 Å². The summed E-state index contributed by atoms with van der Waals surface area (Å²) in [6.45, 7) is 1.99. The van der Waals surface area contributed by atoms with Crippen molar-refractivity contribution in [3.8, 4) is 0 Å². The van der Waals surface area contributed by atoms with Crippen LogP contribution in [0.1, 0.15) is 31.2 Å². The van der Waals surface area contributed by atoms with Crippen LogP contribution in [0.4, 0.5) is 5.69 Å². The third-order valence-corrected chi connectivity index (χ3v) is 3.96. The second-order valence-electron chi connectivity index (χ2n) is 4.78. The van der Waals surface area contributed by atoms with E-state index < -0.39 is 0 Å². The lowest BCUT2D eigenvalue weighted by Crippen LogP contribution is -2.29. The van der Waals surface area contributed by atoms with Gasteiger partial charge in [0.25, 0.3) is 0 Å². The number of nitrogens with one attached hydrogen (secondary N) is 1. The third kappa shape index (κ3) is 3.28. The molecule has 0 spiro atoms. The van der Waals surface area contributed by atoms with E-state index in [1.54, 1.807) is 7.11 Å². The minimum Gasteiger partial charge on any atom is -0.381 e. The van der Waals surface area contributed by atoms with Crippen molar-refractivity contribution in [1.82, 2.24) is 4.98 Å². The first-order valence-electron chi connectivity index (χ1n) is 6.22. The summed E-state index contributed by atoms with van der Waals surface area (Å²) < 4.78 is 5.37. The molecule has 0 amide bonds. The van der Waals surface area contributed by atoms with Crippen molar-refractivity contribution in [2.24, 2.45) is 0 Å². The quantitative estimate of drug-likeness (QED) is 0.852. The van der Waals surface area contributed by atoms with Crippen molar-refractivity contribution in [1.29, 1.82) is 0 Å². The van der Waals surface area contributed by atoms with Gasteiger partial charge in [0.2, 0.25) is 0 Å². The van der Waals surface area contributed by atoms with Crippen LogP contribution in [0, 0.1) is 6.92 Å². The zero-order chi connectivity index (χ0) is 13.1. The fourth-order valence-electron chi connectivity index (χ4n) is 2.42. The summed E-state index contributed by atoms with van der Waals surface area (Å²) in [6, 6.07) is 2.27. The van der Waals surface area contributed by atoms with Gasteiger partial charge in [-0.1, -0.05) is 23.2 Å². The number of pyridine rings is 1. The molecule has 18 heavy (non-hydrogen) atoms. The number of methoxy groups -OCH3 is 1. The number of aromatic nitrogens is 1. The van der Waals surface area contributed by atoms with E-state index in [1.165, 1.54) is 0 Å². The molecule has 0 unspecified atom stereocenters. The van der Waals surface area contributed by atoms with E-state index in [9.17, 15) is 0 Å². The summed E-state index contributed by atoms with van der Waals surface area (Å²) in [7, 11) is 1.78. The molecule has 1 saturated carbocycles. The Balaban J connectivity index is 2.02. The minimum atomic E-state index is 0.406. The molecule has 0 saturated heterocycles. The summed E-state index contributed by atoms with van der Waals surface area (Å²) in [5, 5.41) is 4.37. The highest BCUT2D eigenvalue weighted by Crippen LogP contribution is 2.30. The van der Waals surface area contributed by atoms with Gasteiger partial charge in [0.15, 0.2) is 5.15 Å². The molecule has 0 aliphatic heterocycles. The maximum atomic E-state index is 6.13. The smallest absolute Gasteiger partial charge is 0.154 e. The molecule has 100 valence electrons. The van der Waals surface area contributed by atoms with Gasteiger partial charge in [-0.25, -0.2) is 4.98 Å². The lowest BCUT2D eigenvalue weighted by molar-refractivity contribution is 0.0682. The van der Waals surface area contributed by atoms with Crippen LogP contribution in [-0.4, -0.2) is 24.2 Å². The van der Waals surface area contributed by atoms with E-state index in [4.69, 9.17) is 27.9 Å². The van der Waals surface area contributed by atoms with Crippen LogP contribution < -0.4 is 5.32 Å². The lowest BCUT2D eigenvalue weighted by atomic mass is 9.92. The first kappa shape index (κ1) is 13.9. The van der Waals surface area contributed by atoms with E-state index in [-0.39, 0.29) is 0 Å². The van der Waals surface area contributed by atoms with Gasteiger partial charge in [0, 0.05) is 13.2 Å². The average molecular weight is 289 g/mol. The highest BCUT2D eigenvalue weighted by atomic mass is 35.5. The van der Waals surface area contributed by atoms with Gasteiger partial charge < -0.3 is 10.1 Å². The van der Waals surface area contributed by atoms with Crippen LogP contribution in [0.15, 0.2) is 6.07 Å². The van der Waals surface area contributed by atoms with Gasteiger partial charge >= 0.3 is 0 Å². The highest BCUT2D eigenvalue weighted by Gasteiger charge is 2.22. The molecular weight excluding hydrogens is 271 g/mol. The van der Waals surface area contributed by atoms with Crippen LogP contribution in [-0.2, 0) is 4.74 Å². The maximum absolute atomic E-state index is 6.13. The monoisotopic (exact) mass is 288 g/mol. The molecule has 1 aromatic heterocycles. The Labute approximate surface area is 118 Å².